The van der Waals surface area contributed by atoms with Crippen molar-refractivity contribution in [3.8, 4) is 6.07 Å². The van der Waals surface area contributed by atoms with Gasteiger partial charge in [-0.15, -0.1) is 0 Å². The van der Waals surface area contributed by atoms with Crippen molar-refractivity contribution in [3.05, 3.63) is 17.0 Å². The van der Waals surface area contributed by atoms with Crippen molar-refractivity contribution >= 4 is 36.0 Å². The molecule has 2 aliphatic rings. The summed E-state index contributed by atoms with van der Waals surface area (Å²) < 4.78 is 23.0. The number of hydrogen-bond acceptors (Lipinski definition) is 9. The summed E-state index contributed by atoms with van der Waals surface area (Å²) in [6, 6.07) is 2.24. The molecule has 0 aromatic carbocycles. The number of rotatable bonds is 7. The number of nitriles is 1. The molecule has 1 aliphatic heterocycles. The lowest BCUT2D eigenvalue weighted by Crippen LogP contribution is -2.33. The number of aliphatic hydroxyl groups excluding tert-OH is 2. The van der Waals surface area contributed by atoms with E-state index < -0.39 is 38.5 Å². The number of nitrogens with one attached hydrogen (secondary N) is 1. The molecular weight excluding hydrogens is 465 g/mol. The van der Waals surface area contributed by atoms with Crippen molar-refractivity contribution in [1.29, 1.82) is 5.26 Å². The van der Waals surface area contributed by atoms with Gasteiger partial charge in [0, 0.05) is 6.04 Å². The Morgan fingerprint density at radius 2 is 2.06 bits per heavy atom. The van der Waals surface area contributed by atoms with E-state index in [0.717, 1.165) is 25.7 Å². The second-order valence-electron chi connectivity index (χ2n) is 7.93. The number of halogens is 1. The van der Waals surface area contributed by atoms with Gasteiger partial charge >= 0.3 is 7.60 Å². The smallest absolute Gasteiger partial charge is 0.350 e. The first kappa shape index (κ1) is 23.4. The van der Waals surface area contributed by atoms with Gasteiger partial charge in [0.05, 0.1) is 18.6 Å². The molecular formula is C18H23ClN5O7P. The summed E-state index contributed by atoms with van der Waals surface area (Å²) in [6.45, 7) is -0.340. The minimum atomic E-state index is -4.38. The lowest BCUT2D eigenvalue weighted by molar-refractivity contribution is -0.0612. The van der Waals surface area contributed by atoms with E-state index in [9.17, 15) is 20.0 Å². The van der Waals surface area contributed by atoms with Crippen LogP contribution in [0.3, 0.4) is 0 Å². The molecule has 2 aromatic rings. The highest BCUT2D eigenvalue weighted by atomic mass is 35.5. The molecule has 4 atom stereocenters. The SMILES string of the molecule is N#Cc1c(Cl)nc2c(ncn2[C@@H]2O[C@H](COCP(=O)(O)O)[C@@H](O)[C@H]2O)c1NC1CCCC1. The van der Waals surface area contributed by atoms with E-state index in [4.69, 9.17) is 30.9 Å². The molecule has 5 N–H and O–H groups in total. The van der Waals surface area contributed by atoms with E-state index in [1.54, 1.807) is 0 Å². The maximum Gasteiger partial charge on any atom is 0.350 e. The normalized spacial score (nSPS) is 26.6. The summed E-state index contributed by atoms with van der Waals surface area (Å²) in [5.74, 6) is 0. The number of imidazole rings is 1. The molecule has 12 nitrogen and oxygen atoms in total. The van der Waals surface area contributed by atoms with Gasteiger partial charge in [0.1, 0.15) is 41.8 Å². The first-order valence-corrected chi connectivity index (χ1v) is 12.2. The maximum atomic E-state index is 10.9. The van der Waals surface area contributed by atoms with Gasteiger partial charge < -0.3 is 34.8 Å². The highest BCUT2D eigenvalue weighted by Gasteiger charge is 2.44. The average molecular weight is 488 g/mol. The third-order valence-electron chi connectivity index (χ3n) is 5.63. The molecule has 14 heteroatoms. The number of nitrogens with zero attached hydrogens (tertiary/aromatic N) is 4. The Labute approximate surface area is 187 Å². The quantitative estimate of drug-likeness (QED) is 0.278. The fourth-order valence-electron chi connectivity index (χ4n) is 4.10. The lowest BCUT2D eigenvalue weighted by atomic mass is 10.1. The molecule has 0 unspecified atom stereocenters. The number of aliphatic hydroxyl groups is 2. The Hall–Kier alpha value is -1.81. The number of ether oxygens (including phenoxy) is 2. The second kappa shape index (κ2) is 9.21. The molecule has 0 radical (unpaired) electrons. The van der Waals surface area contributed by atoms with Crippen molar-refractivity contribution in [1.82, 2.24) is 14.5 Å². The van der Waals surface area contributed by atoms with Crippen LogP contribution in [0.5, 0.6) is 0 Å². The van der Waals surface area contributed by atoms with Crippen molar-refractivity contribution in [3.63, 3.8) is 0 Å². The van der Waals surface area contributed by atoms with Crippen LogP contribution < -0.4 is 5.32 Å². The highest BCUT2D eigenvalue weighted by molar-refractivity contribution is 7.51. The van der Waals surface area contributed by atoms with Gasteiger partial charge in [0.2, 0.25) is 0 Å². The van der Waals surface area contributed by atoms with Crippen LogP contribution in [0, 0.1) is 11.3 Å². The van der Waals surface area contributed by atoms with E-state index in [1.807, 2.05) is 0 Å². The summed E-state index contributed by atoms with van der Waals surface area (Å²) in [5, 5.41) is 33.8. The molecule has 0 bridgehead atoms. The van der Waals surface area contributed by atoms with Crippen LogP contribution in [-0.2, 0) is 14.0 Å². The summed E-state index contributed by atoms with van der Waals surface area (Å²) in [4.78, 5) is 26.4. The Morgan fingerprint density at radius 1 is 1.34 bits per heavy atom. The average Bonchev–Trinajstić information content (AvgIpc) is 3.44. The van der Waals surface area contributed by atoms with Gasteiger partial charge in [-0.3, -0.25) is 9.13 Å². The molecule has 0 amide bonds. The maximum absolute atomic E-state index is 10.9. The van der Waals surface area contributed by atoms with Gasteiger partial charge in [0.25, 0.3) is 0 Å². The van der Waals surface area contributed by atoms with Crippen LogP contribution >= 0.6 is 19.2 Å². The highest BCUT2D eigenvalue weighted by Crippen LogP contribution is 2.38. The monoisotopic (exact) mass is 487 g/mol. The zero-order chi connectivity index (χ0) is 23.0. The molecule has 32 heavy (non-hydrogen) atoms. The standard InChI is InChI=1S/C18H23ClN5O7P/c19-16-10(5-20)12(22-9-3-1-2-4-9)13-17(23-16)24(7-21-13)18-15(26)14(25)11(31-18)6-30-8-32(27,28)29/h7,9,11,14-15,18,25-26H,1-4,6,8H2,(H,22,23)(H2,27,28,29)/t11-,14-,15-,18-/m1/s1. The number of pyridine rings is 1. The van der Waals surface area contributed by atoms with Crippen molar-refractivity contribution in [2.24, 2.45) is 0 Å². The van der Waals surface area contributed by atoms with Gasteiger partial charge in [-0.05, 0) is 12.8 Å². The van der Waals surface area contributed by atoms with Crippen LogP contribution in [0.15, 0.2) is 6.33 Å². The Kier molecular flexibility index (Phi) is 6.72. The largest absolute Gasteiger partial charge is 0.387 e. The van der Waals surface area contributed by atoms with Crippen LogP contribution in [0.25, 0.3) is 11.2 Å². The summed E-state index contributed by atoms with van der Waals surface area (Å²) >= 11 is 6.27. The Morgan fingerprint density at radius 3 is 2.72 bits per heavy atom. The molecule has 1 saturated carbocycles. The predicted molar refractivity (Wildman–Crippen MR) is 112 cm³/mol. The van der Waals surface area contributed by atoms with Crippen LogP contribution in [0.1, 0.15) is 37.5 Å². The van der Waals surface area contributed by atoms with E-state index in [2.05, 4.69) is 21.4 Å². The zero-order valence-corrected chi connectivity index (χ0v) is 18.5. The number of aromatic nitrogens is 3. The minimum Gasteiger partial charge on any atom is -0.387 e. The summed E-state index contributed by atoms with van der Waals surface area (Å²) in [6.07, 6.45) is -0.285. The topological polar surface area (TPSA) is 183 Å². The van der Waals surface area contributed by atoms with Gasteiger partial charge in [-0.2, -0.15) is 5.26 Å². The molecule has 2 fully saturated rings. The van der Waals surface area contributed by atoms with Gasteiger partial charge in [-0.25, -0.2) is 9.97 Å². The fraction of sp³-hybridized carbons (Fsp3) is 0.611. The van der Waals surface area contributed by atoms with E-state index in [-0.39, 0.29) is 29.0 Å². The molecule has 3 heterocycles. The van der Waals surface area contributed by atoms with Crippen LogP contribution in [0.4, 0.5) is 5.69 Å². The molecule has 0 spiro atoms. The van der Waals surface area contributed by atoms with E-state index >= 15 is 0 Å². The third-order valence-corrected chi connectivity index (χ3v) is 6.43. The molecule has 174 valence electrons. The first-order valence-electron chi connectivity index (χ1n) is 10.1. The minimum absolute atomic E-state index is 0.0307. The molecule has 1 aliphatic carbocycles. The Bertz CT molecular complexity index is 1080. The zero-order valence-electron chi connectivity index (χ0n) is 16.8. The molecule has 1 saturated heterocycles. The summed E-state index contributed by atoms with van der Waals surface area (Å²) in [5.41, 5.74) is 1.27. The lowest BCUT2D eigenvalue weighted by Gasteiger charge is -2.18. The molecule has 2 aromatic heterocycles. The fourth-order valence-corrected chi connectivity index (χ4v) is 4.66. The van der Waals surface area contributed by atoms with Crippen LogP contribution in [0.2, 0.25) is 5.15 Å². The first-order chi connectivity index (χ1) is 15.2. The van der Waals surface area contributed by atoms with Gasteiger partial charge in [-0.1, -0.05) is 24.4 Å². The number of fused-ring (bicyclic) bond motifs is 1. The third kappa shape index (κ3) is 4.62. The number of anilines is 1. The second-order valence-corrected chi connectivity index (χ2v) is 9.87. The Balaban J connectivity index is 1.62. The van der Waals surface area contributed by atoms with Crippen molar-refractivity contribution in [2.45, 2.75) is 56.3 Å². The van der Waals surface area contributed by atoms with Gasteiger partial charge in [0.15, 0.2) is 17.0 Å². The van der Waals surface area contributed by atoms with Crippen LogP contribution in [-0.4, -0.2) is 71.8 Å². The van der Waals surface area contributed by atoms with E-state index in [1.165, 1.54) is 10.9 Å². The predicted octanol–water partition coefficient (Wildman–Crippen LogP) is 1.08. The van der Waals surface area contributed by atoms with Crippen molar-refractivity contribution in [2.75, 3.05) is 18.3 Å². The molecule has 4 rings (SSSR count). The van der Waals surface area contributed by atoms with E-state index in [0.29, 0.717) is 11.2 Å². The summed E-state index contributed by atoms with van der Waals surface area (Å²) in [7, 11) is -4.38. The number of hydrogen-bond donors (Lipinski definition) is 5. The van der Waals surface area contributed by atoms with Crippen molar-refractivity contribution < 1.29 is 34.0 Å².